The maximum Gasteiger partial charge on any atom is 0.185 e. The van der Waals surface area contributed by atoms with E-state index in [1.807, 2.05) is 19.1 Å². The maximum absolute atomic E-state index is 10.8. The van der Waals surface area contributed by atoms with Crippen molar-refractivity contribution in [2.24, 2.45) is 0 Å². The second kappa shape index (κ2) is 7.53. The number of hydrogen-bond acceptors (Lipinski definition) is 5. The summed E-state index contributed by atoms with van der Waals surface area (Å²) in [6, 6.07) is 5.37. The average molecular weight is 284 g/mol. The number of ether oxygens (including phenoxy) is 1. The molecule has 1 aromatic carbocycles. The van der Waals surface area contributed by atoms with Crippen LogP contribution >= 0.6 is 11.8 Å². The van der Waals surface area contributed by atoms with Crippen LogP contribution in [0.1, 0.15) is 30.6 Å². The lowest BCUT2D eigenvalue weighted by Gasteiger charge is -2.20. The molecule has 5 heteroatoms. The normalized spacial score (nSPS) is 13.9. The summed E-state index contributed by atoms with van der Waals surface area (Å²) in [6.45, 7) is 3.36. The molecule has 0 heterocycles. The highest BCUT2D eigenvalue weighted by molar-refractivity contribution is 8.13. The number of aliphatic hydroxyl groups is 2. The Balaban J connectivity index is 2.70. The van der Waals surface area contributed by atoms with Gasteiger partial charge in [0.15, 0.2) is 5.12 Å². The predicted octanol–water partition coefficient (Wildman–Crippen LogP) is 2.07. The molecule has 0 aliphatic rings. The molecule has 0 spiro atoms. The highest BCUT2D eigenvalue weighted by atomic mass is 32.2. The monoisotopic (exact) mass is 284 g/mol. The van der Waals surface area contributed by atoms with E-state index in [1.165, 1.54) is 6.92 Å². The smallest absolute Gasteiger partial charge is 0.185 e. The van der Waals surface area contributed by atoms with E-state index >= 15 is 0 Å². The van der Waals surface area contributed by atoms with Gasteiger partial charge in [0.25, 0.3) is 0 Å². The van der Waals surface area contributed by atoms with Crippen LogP contribution in [0.4, 0.5) is 0 Å². The lowest BCUT2D eigenvalue weighted by atomic mass is 9.98. The van der Waals surface area contributed by atoms with E-state index in [9.17, 15) is 15.0 Å². The first-order valence-corrected chi connectivity index (χ1v) is 7.08. The molecular weight excluding hydrogens is 264 g/mol. The summed E-state index contributed by atoms with van der Waals surface area (Å²) < 4.78 is 5.11. The van der Waals surface area contributed by atoms with Crippen molar-refractivity contribution < 1.29 is 19.7 Å². The van der Waals surface area contributed by atoms with Crippen LogP contribution in [-0.2, 0) is 4.79 Å². The van der Waals surface area contributed by atoms with Crippen molar-refractivity contribution in [3.63, 3.8) is 0 Å². The molecule has 0 aliphatic heterocycles. The van der Waals surface area contributed by atoms with Crippen molar-refractivity contribution in [3.8, 4) is 5.75 Å². The van der Waals surface area contributed by atoms with Crippen LogP contribution in [0.5, 0.6) is 5.75 Å². The quantitative estimate of drug-likeness (QED) is 0.837. The summed E-state index contributed by atoms with van der Waals surface area (Å²) in [5, 5.41) is 20.1. The number of carbonyl (C=O) groups is 1. The first kappa shape index (κ1) is 16.0. The summed E-state index contributed by atoms with van der Waals surface area (Å²) in [7, 11) is 1.56. The molecule has 0 saturated heterocycles. The van der Waals surface area contributed by atoms with Gasteiger partial charge in [-0.15, -0.1) is 0 Å². The van der Waals surface area contributed by atoms with E-state index in [1.54, 1.807) is 13.2 Å². The summed E-state index contributed by atoms with van der Waals surface area (Å²) in [6.07, 6.45) is -1.50. The maximum atomic E-state index is 10.8. The van der Waals surface area contributed by atoms with E-state index < -0.39 is 12.2 Å². The molecule has 1 rings (SSSR count). The van der Waals surface area contributed by atoms with Gasteiger partial charge in [-0.25, -0.2) is 0 Å². The van der Waals surface area contributed by atoms with Crippen molar-refractivity contribution in [1.29, 1.82) is 0 Å². The second-order valence-electron chi connectivity index (χ2n) is 4.36. The van der Waals surface area contributed by atoms with Crippen LogP contribution in [-0.4, -0.2) is 34.3 Å². The predicted molar refractivity (Wildman–Crippen MR) is 76.5 cm³/mol. The molecule has 4 nitrogen and oxygen atoms in total. The standard InChI is InChI=1S/C14H20O4S/c1-9-4-5-11(18-3)8-12(9)14(17)13(16)6-7-19-10(2)15/h4-5,8,13-14,16-17H,6-7H2,1-3H3. The molecule has 0 aliphatic carbocycles. The molecule has 2 N–H and O–H groups in total. The van der Waals surface area contributed by atoms with Gasteiger partial charge in [-0.1, -0.05) is 17.8 Å². The van der Waals surface area contributed by atoms with E-state index in [4.69, 9.17) is 4.74 Å². The molecule has 2 unspecified atom stereocenters. The fourth-order valence-electron chi connectivity index (χ4n) is 1.75. The number of aryl methyl sites for hydroxylation is 1. The van der Waals surface area contributed by atoms with E-state index in [0.717, 1.165) is 17.3 Å². The van der Waals surface area contributed by atoms with E-state index in [2.05, 4.69) is 0 Å². The van der Waals surface area contributed by atoms with Crippen LogP contribution in [0.3, 0.4) is 0 Å². The Bertz CT molecular complexity index is 433. The molecule has 19 heavy (non-hydrogen) atoms. The minimum absolute atomic E-state index is 0.0132. The van der Waals surface area contributed by atoms with Crippen LogP contribution in [0.25, 0.3) is 0 Å². The largest absolute Gasteiger partial charge is 0.497 e. The molecule has 0 bridgehead atoms. The molecular formula is C14H20O4S. The molecule has 0 aromatic heterocycles. The van der Waals surface area contributed by atoms with Crippen LogP contribution in [0.2, 0.25) is 0 Å². The van der Waals surface area contributed by atoms with Crippen molar-refractivity contribution in [3.05, 3.63) is 29.3 Å². The number of aliphatic hydroxyl groups excluding tert-OH is 2. The third-order valence-corrected chi connectivity index (χ3v) is 3.73. The van der Waals surface area contributed by atoms with Gasteiger partial charge < -0.3 is 14.9 Å². The van der Waals surface area contributed by atoms with Gasteiger partial charge in [0.05, 0.1) is 13.2 Å². The van der Waals surface area contributed by atoms with Gasteiger partial charge in [0, 0.05) is 12.7 Å². The van der Waals surface area contributed by atoms with Crippen LogP contribution < -0.4 is 4.74 Å². The summed E-state index contributed by atoms with van der Waals surface area (Å²) in [5.74, 6) is 1.14. The van der Waals surface area contributed by atoms with E-state index in [-0.39, 0.29) is 5.12 Å². The Labute approximate surface area is 117 Å². The van der Waals surface area contributed by atoms with Crippen LogP contribution in [0.15, 0.2) is 18.2 Å². The fourth-order valence-corrected chi connectivity index (χ4v) is 2.40. The minimum Gasteiger partial charge on any atom is -0.497 e. The zero-order valence-corrected chi connectivity index (χ0v) is 12.2. The Morgan fingerprint density at radius 2 is 2.11 bits per heavy atom. The SMILES string of the molecule is COc1ccc(C)c(C(O)C(O)CCSC(C)=O)c1. The highest BCUT2D eigenvalue weighted by Gasteiger charge is 2.20. The van der Waals surface area contributed by atoms with Gasteiger partial charge in [0.1, 0.15) is 11.9 Å². The van der Waals surface area contributed by atoms with Gasteiger partial charge in [-0.05, 0) is 36.6 Å². The average Bonchev–Trinajstić information content (AvgIpc) is 2.38. The summed E-state index contributed by atoms with van der Waals surface area (Å²) >= 11 is 1.15. The highest BCUT2D eigenvalue weighted by Crippen LogP contribution is 2.27. The zero-order valence-electron chi connectivity index (χ0n) is 11.4. The molecule has 2 atom stereocenters. The van der Waals surface area contributed by atoms with E-state index in [0.29, 0.717) is 23.5 Å². The fraction of sp³-hybridized carbons (Fsp3) is 0.500. The Hall–Kier alpha value is -1.04. The first-order valence-electron chi connectivity index (χ1n) is 6.09. The third kappa shape index (κ3) is 4.86. The zero-order chi connectivity index (χ0) is 14.4. The summed E-state index contributed by atoms with van der Waals surface area (Å²) in [5.41, 5.74) is 1.55. The Kier molecular flexibility index (Phi) is 6.34. The van der Waals surface area contributed by atoms with Gasteiger partial charge >= 0.3 is 0 Å². The van der Waals surface area contributed by atoms with Crippen molar-refractivity contribution in [1.82, 2.24) is 0 Å². The second-order valence-corrected chi connectivity index (χ2v) is 5.64. The summed E-state index contributed by atoms with van der Waals surface area (Å²) in [4.78, 5) is 10.8. The molecule has 0 amide bonds. The van der Waals surface area contributed by atoms with Gasteiger partial charge in [0.2, 0.25) is 0 Å². The lowest BCUT2D eigenvalue weighted by molar-refractivity contribution is -0.109. The molecule has 0 saturated carbocycles. The van der Waals surface area contributed by atoms with Gasteiger partial charge in [-0.2, -0.15) is 0 Å². The number of benzene rings is 1. The molecule has 0 fully saturated rings. The van der Waals surface area contributed by atoms with Gasteiger partial charge in [-0.3, -0.25) is 4.79 Å². The number of thioether (sulfide) groups is 1. The molecule has 0 radical (unpaired) electrons. The Morgan fingerprint density at radius 3 is 2.68 bits per heavy atom. The number of carbonyl (C=O) groups excluding carboxylic acids is 1. The molecule has 106 valence electrons. The number of hydrogen-bond donors (Lipinski definition) is 2. The third-order valence-electron chi connectivity index (χ3n) is 2.89. The topological polar surface area (TPSA) is 66.8 Å². The van der Waals surface area contributed by atoms with Crippen molar-refractivity contribution >= 4 is 16.9 Å². The van der Waals surface area contributed by atoms with Crippen molar-refractivity contribution in [2.75, 3.05) is 12.9 Å². The number of rotatable bonds is 6. The Morgan fingerprint density at radius 1 is 1.42 bits per heavy atom. The minimum atomic E-state index is -0.970. The van der Waals surface area contributed by atoms with Crippen molar-refractivity contribution in [2.45, 2.75) is 32.5 Å². The molecule has 1 aromatic rings. The number of methoxy groups -OCH3 is 1. The van der Waals surface area contributed by atoms with Crippen LogP contribution in [0, 0.1) is 6.92 Å². The first-order chi connectivity index (χ1) is 8.95. The lowest BCUT2D eigenvalue weighted by Crippen LogP contribution is -2.20.